The molecule has 0 saturated heterocycles. The second kappa shape index (κ2) is 4.06. The molecule has 2 nitrogen and oxygen atoms in total. The number of nitrogens with two attached hydrogens (primary N) is 1. The normalized spacial score (nSPS) is 41.3. The maximum atomic E-state index is 5.63. The first-order chi connectivity index (χ1) is 8.83. The summed E-state index contributed by atoms with van der Waals surface area (Å²) >= 11 is 0. The van der Waals surface area contributed by atoms with Gasteiger partial charge in [-0.25, -0.2) is 0 Å². The van der Waals surface area contributed by atoms with Crippen LogP contribution in [0.2, 0.25) is 0 Å². The van der Waals surface area contributed by atoms with Crippen LogP contribution in [-0.4, -0.2) is 4.98 Å². The van der Waals surface area contributed by atoms with Crippen LogP contribution in [0, 0.1) is 23.7 Å². The van der Waals surface area contributed by atoms with E-state index in [9.17, 15) is 0 Å². The number of hydrogen-bond acceptors (Lipinski definition) is 2. The molecule has 4 aliphatic rings. The summed E-state index contributed by atoms with van der Waals surface area (Å²) in [6.45, 7) is 0.557. The Kier molecular flexibility index (Phi) is 2.47. The van der Waals surface area contributed by atoms with Gasteiger partial charge in [0.25, 0.3) is 0 Å². The van der Waals surface area contributed by atoms with E-state index < -0.39 is 0 Å². The lowest BCUT2D eigenvalue weighted by atomic mass is 9.51. The fourth-order valence-corrected chi connectivity index (χ4v) is 5.22. The second-order valence-electron chi connectivity index (χ2n) is 6.74. The molecule has 4 aliphatic carbocycles. The first kappa shape index (κ1) is 11.0. The zero-order chi connectivity index (χ0) is 12.1. The van der Waals surface area contributed by atoms with Gasteiger partial charge in [-0.2, -0.15) is 0 Å². The molecule has 4 saturated carbocycles. The average Bonchev–Trinajstić information content (AvgIpc) is 2.38. The van der Waals surface area contributed by atoms with E-state index in [4.69, 9.17) is 5.73 Å². The first-order valence-electron chi connectivity index (χ1n) is 7.48. The minimum atomic E-state index is 0.557. The number of rotatable bonds is 2. The molecule has 0 unspecified atom stereocenters. The molecule has 4 fully saturated rings. The Bertz CT molecular complexity index is 409. The van der Waals surface area contributed by atoms with Crippen molar-refractivity contribution in [3.8, 4) is 0 Å². The van der Waals surface area contributed by atoms with Gasteiger partial charge in [0.05, 0.1) is 5.69 Å². The summed E-state index contributed by atoms with van der Waals surface area (Å²) in [4.78, 5) is 4.50. The quantitative estimate of drug-likeness (QED) is 0.865. The molecule has 1 aromatic heterocycles. The lowest BCUT2D eigenvalue weighted by Gasteiger charge is -2.54. The largest absolute Gasteiger partial charge is 0.325 e. The molecule has 4 bridgehead atoms. The Morgan fingerprint density at radius 3 is 2.17 bits per heavy atom. The zero-order valence-corrected chi connectivity index (χ0v) is 10.9. The van der Waals surface area contributed by atoms with Gasteiger partial charge in [-0.05, 0) is 73.3 Å². The molecule has 0 aliphatic heterocycles. The molecule has 96 valence electrons. The summed E-state index contributed by atoms with van der Waals surface area (Å²) < 4.78 is 0. The average molecular weight is 242 g/mol. The molecule has 18 heavy (non-hydrogen) atoms. The Hall–Kier alpha value is -0.890. The molecule has 0 spiro atoms. The number of aromatic nitrogens is 1. The minimum absolute atomic E-state index is 0.557. The smallest absolute Gasteiger partial charge is 0.0539 e. The first-order valence-corrected chi connectivity index (χ1v) is 7.48. The van der Waals surface area contributed by atoms with Crippen LogP contribution < -0.4 is 5.73 Å². The molecule has 1 heterocycles. The molecule has 1 aromatic rings. The summed E-state index contributed by atoms with van der Waals surface area (Å²) in [5.74, 6) is 4.82. The van der Waals surface area contributed by atoms with E-state index in [0.29, 0.717) is 6.54 Å². The van der Waals surface area contributed by atoms with Crippen molar-refractivity contribution in [2.45, 2.75) is 44.6 Å². The van der Waals surface area contributed by atoms with Crippen LogP contribution in [0.4, 0.5) is 0 Å². The van der Waals surface area contributed by atoms with Gasteiger partial charge in [0.15, 0.2) is 0 Å². The number of nitrogens with zero attached hydrogens (tertiary/aromatic N) is 1. The summed E-state index contributed by atoms with van der Waals surface area (Å²) in [5.41, 5.74) is 8.14. The number of pyridine rings is 1. The molecule has 0 atom stereocenters. The van der Waals surface area contributed by atoms with Crippen LogP contribution in [0.5, 0.6) is 0 Å². The SMILES string of the molecule is NCc1ccc(C2C3CC4CC(C3)CC2C4)cn1. The monoisotopic (exact) mass is 242 g/mol. The highest BCUT2D eigenvalue weighted by molar-refractivity contribution is 5.23. The molecular formula is C16H22N2. The highest BCUT2D eigenvalue weighted by atomic mass is 14.7. The lowest BCUT2D eigenvalue weighted by Crippen LogP contribution is -2.43. The molecule has 2 heteroatoms. The van der Waals surface area contributed by atoms with Gasteiger partial charge in [-0.3, -0.25) is 4.98 Å². The molecule has 0 amide bonds. The topological polar surface area (TPSA) is 38.9 Å². The van der Waals surface area contributed by atoms with Gasteiger partial charge in [0.1, 0.15) is 0 Å². The van der Waals surface area contributed by atoms with Crippen LogP contribution in [0.1, 0.15) is 49.3 Å². The van der Waals surface area contributed by atoms with Crippen molar-refractivity contribution in [3.05, 3.63) is 29.6 Å². The van der Waals surface area contributed by atoms with Gasteiger partial charge >= 0.3 is 0 Å². The zero-order valence-electron chi connectivity index (χ0n) is 10.9. The third-order valence-corrected chi connectivity index (χ3v) is 5.67. The Labute approximate surface area is 109 Å². The van der Waals surface area contributed by atoms with Crippen LogP contribution in [0.25, 0.3) is 0 Å². The van der Waals surface area contributed by atoms with Crippen LogP contribution in [-0.2, 0) is 6.54 Å². The van der Waals surface area contributed by atoms with E-state index in [0.717, 1.165) is 35.3 Å². The van der Waals surface area contributed by atoms with Crippen molar-refractivity contribution in [2.24, 2.45) is 29.4 Å². The van der Waals surface area contributed by atoms with Crippen LogP contribution in [0.3, 0.4) is 0 Å². The summed E-state index contributed by atoms with van der Waals surface area (Å²) in [6, 6.07) is 4.42. The molecule has 5 rings (SSSR count). The molecule has 0 radical (unpaired) electrons. The maximum absolute atomic E-state index is 5.63. The third-order valence-electron chi connectivity index (χ3n) is 5.67. The van der Waals surface area contributed by atoms with E-state index in [1.165, 1.54) is 37.7 Å². The highest BCUT2D eigenvalue weighted by Gasteiger charge is 2.48. The lowest BCUT2D eigenvalue weighted by molar-refractivity contribution is -0.00289. The van der Waals surface area contributed by atoms with Crippen LogP contribution in [0.15, 0.2) is 18.3 Å². The van der Waals surface area contributed by atoms with Crippen molar-refractivity contribution in [2.75, 3.05) is 0 Å². The van der Waals surface area contributed by atoms with Gasteiger partial charge < -0.3 is 5.73 Å². The van der Waals surface area contributed by atoms with E-state index in [-0.39, 0.29) is 0 Å². The van der Waals surface area contributed by atoms with E-state index in [1.54, 1.807) is 0 Å². The predicted octanol–water partition coefficient (Wildman–Crippen LogP) is 3.08. The van der Waals surface area contributed by atoms with E-state index in [1.807, 2.05) is 0 Å². The van der Waals surface area contributed by atoms with Crippen molar-refractivity contribution in [1.82, 2.24) is 4.98 Å². The van der Waals surface area contributed by atoms with Gasteiger partial charge in [0, 0.05) is 12.7 Å². The molecule has 0 aromatic carbocycles. The van der Waals surface area contributed by atoms with E-state index in [2.05, 4.69) is 23.3 Å². The summed E-state index contributed by atoms with van der Waals surface area (Å²) in [6.07, 6.45) is 9.57. The summed E-state index contributed by atoms with van der Waals surface area (Å²) in [5, 5.41) is 0. The predicted molar refractivity (Wildman–Crippen MR) is 71.9 cm³/mol. The highest BCUT2D eigenvalue weighted by Crippen LogP contribution is 2.59. The standard InChI is InChI=1S/C16H22N2/c17-8-15-2-1-12(9-18-15)16-13-4-10-3-11(6-13)7-14(16)5-10/h1-2,9-11,13-14,16H,3-8,17H2. The Morgan fingerprint density at radius 1 is 1.00 bits per heavy atom. The Balaban J connectivity index is 1.63. The van der Waals surface area contributed by atoms with Crippen molar-refractivity contribution < 1.29 is 0 Å². The number of hydrogen-bond donors (Lipinski definition) is 1. The molecule has 2 N–H and O–H groups in total. The van der Waals surface area contributed by atoms with Gasteiger partial charge in [0.2, 0.25) is 0 Å². The summed E-state index contributed by atoms with van der Waals surface area (Å²) in [7, 11) is 0. The van der Waals surface area contributed by atoms with Gasteiger partial charge in [-0.15, -0.1) is 0 Å². The fourth-order valence-electron chi connectivity index (χ4n) is 5.22. The molecular weight excluding hydrogens is 220 g/mol. The van der Waals surface area contributed by atoms with Gasteiger partial charge in [-0.1, -0.05) is 6.07 Å². The minimum Gasteiger partial charge on any atom is -0.325 e. The van der Waals surface area contributed by atoms with Crippen molar-refractivity contribution in [1.29, 1.82) is 0 Å². The van der Waals surface area contributed by atoms with Crippen LogP contribution >= 0.6 is 0 Å². The third kappa shape index (κ3) is 1.62. The second-order valence-corrected chi connectivity index (χ2v) is 6.74. The van der Waals surface area contributed by atoms with Crippen molar-refractivity contribution in [3.63, 3.8) is 0 Å². The fraction of sp³-hybridized carbons (Fsp3) is 0.688. The van der Waals surface area contributed by atoms with E-state index >= 15 is 0 Å². The Morgan fingerprint density at radius 2 is 1.67 bits per heavy atom. The maximum Gasteiger partial charge on any atom is 0.0539 e. The van der Waals surface area contributed by atoms with Crippen molar-refractivity contribution >= 4 is 0 Å².